The second kappa shape index (κ2) is 6.89. The Balaban J connectivity index is 1.76. The number of carbonyl (C=O) groups excluding carboxylic acids is 1. The first-order valence-corrected chi connectivity index (χ1v) is 7.00. The van der Waals surface area contributed by atoms with Gasteiger partial charge < -0.3 is 15.7 Å². The predicted octanol–water partition coefficient (Wildman–Crippen LogP) is 2.17. The molecule has 1 fully saturated rings. The third-order valence-corrected chi connectivity index (χ3v) is 3.63. The molecule has 1 aliphatic rings. The number of anilines is 1. The Morgan fingerprint density at radius 1 is 1.26 bits per heavy atom. The van der Waals surface area contributed by atoms with Gasteiger partial charge in [0.15, 0.2) is 0 Å². The molecular formula is C14H19ClN2O2. The van der Waals surface area contributed by atoms with Crippen LogP contribution >= 0.6 is 11.6 Å². The zero-order chi connectivity index (χ0) is 13.7. The Morgan fingerprint density at radius 3 is 2.63 bits per heavy atom. The van der Waals surface area contributed by atoms with E-state index in [4.69, 9.17) is 11.6 Å². The van der Waals surface area contributed by atoms with Crippen molar-refractivity contribution in [3.8, 4) is 0 Å². The minimum absolute atomic E-state index is 0.0321. The molecule has 0 spiro atoms. The molecule has 2 unspecified atom stereocenters. The summed E-state index contributed by atoms with van der Waals surface area (Å²) in [6.07, 6.45) is 3.58. The summed E-state index contributed by atoms with van der Waals surface area (Å²) in [5.41, 5.74) is 0.723. The quantitative estimate of drug-likeness (QED) is 0.793. The van der Waals surface area contributed by atoms with Crippen molar-refractivity contribution in [1.82, 2.24) is 5.32 Å². The van der Waals surface area contributed by atoms with E-state index in [1.807, 2.05) is 0 Å². The molecule has 1 aliphatic carbocycles. The summed E-state index contributed by atoms with van der Waals surface area (Å²) in [5, 5.41) is 16.3. The molecule has 104 valence electrons. The molecule has 1 amide bonds. The van der Waals surface area contributed by atoms with Crippen LogP contribution in [-0.2, 0) is 4.79 Å². The summed E-state index contributed by atoms with van der Waals surface area (Å²) in [4.78, 5) is 11.8. The minimum atomic E-state index is -0.336. The number of benzene rings is 1. The molecule has 0 bridgehead atoms. The molecule has 0 radical (unpaired) electrons. The molecule has 1 saturated carbocycles. The van der Waals surface area contributed by atoms with Crippen molar-refractivity contribution in [2.45, 2.75) is 37.8 Å². The number of carbonyl (C=O) groups is 1. The van der Waals surface area contributed by atoms with E-state index >= 15 is 0 Å². The van der Waals surface area contributed by atoms with E-state index in [0.717, 1.165) is 31.4 Å². The summed E-state index contributed by atoms with van der Waals surface area (Å²) < 4.78 is 0. The number of rotatable bonds is 4. The Hall–Kier alpha value is -1.10. The second-order valence-electron chi connectivity index (χ2n) is 4.89. The number of amides is 1. The predicted molar refractivity (Wildman–Crippen MR) is 76.3 cm³/mol. The smallest absolute Gasteiger partial charge is 0.238 e. The van der Waals surface area contributed by atoms with E-state index in [1.54, 1.807) is 24.3 Å². The van der Waals surface area contributed by atoms with E-state index < -0.39 is 0 Å². The van der Waals surface area contributed by atoms with Gasteiger partial charge in [-0.15, -0.1) is 0 Å². The van der Waals surface area contributed by atoms with Gasteiger partial charge in [-0.05, 0) is 37.1 Å². The Bertz CT molecular complexity index is 422. The molecule has 2 rings (SSSR count). The molecule has 1 aromatic carbocycles. The van der Waals surface area contributed by atoms with Crippen molar-refractivity contribution in [2.75, 3.05) is 11.9 Å². The monoisotopic (exact) mass is 282 g/mol. The molecule has 4 nitrogen and oxygen atoms in total. The fourth-order valence-electron chi connectivity index (χ4n) is 2.31. The number of aliphatic hydroxyl groups is 1. The Kier molecular flexibility index (Phi) is 5.19. The summed E-state index contributed by atoms with van der Waals surface area (Å²) in [6.45, 7) is 0.213. The van der Waals surface area contributed by atoms with E-state index in [2.05, 4.69) is 10.6 Å². The lowest BCUT2D eigenvalue weighted by atomic mass is 9.93. The molecule has 0 saturated heterocycles. The van der Waals surface area contributed by atoms with Crippen LogP contribution in [0.15, 0.2) is 24.3 Å². The topological polar surface area (TPSA) is 61.4 Å². The highest BCUT2D eigenvalue weighted by atomic mass is 35.5. The van der Waals surface area contributed by atoms with Gasteiger partial charge in [-0.25, -0.2) is 0 Å². The van der Waals surface area contributed by atoms with Crippen molar-refractivity contribution in [1.29, 1.82) is 0 Å². The zero-order valence-electron chi connectivity index (χ0n) is 10.7. The van der Waals surface area contributed by atoms with Gasteiger partial charge in [-0.2, -0.15) is 0 Å². The van der Waals surface area contributed by atoms with Gasteiger partial charge in [-0.1, -0.05) is 24.4 Å². The fourth-order valence-corrected chi connectivity index (χ4v) is 2.44. The number of aliphatic hydroxyl groups excluding tert-OH is 1. The molecule has 0 aromatic heterocycles. The third kappa shape index (κ3) is 4.49. The number of nitrogens with one attached hydrogen (secondary N) is 2. The molecule has 2 atom stereocenters. The van der Waals surface area contributed by atoms with E-state index in [-0.39, 0.29) is 24.6 Å². The van der Waals surface area contributed by atoms with Crippen LogP contribution in [0.4, 0.5) is 5.69 Å². The van der Waals surface area contributed by atoms with Crippen LogP contribution in [0.2, 0.25) is 5.02 Å². The highest BCUT2D eigenvalue weighted by Gasteiger charge is 2.22. The lowest BCUT2D eigenvalue weighted by molar-refractivity contribution is -0.115. The third-order valence-electron chi connectivity index (χ3n) is 3.38. The normalized spacial score (nSPS) is 23.1. The summed E-state index contributed by atoms with van der Waals surface area (Å²) in [7, 11) is 0. The standard InChI is InChI=1S/C14H19ClN2O2/c15-10-5-7-11(8-6-10)17-14(19)9-16-12-3-1-2-4-13(12)18/h5-8,12-13,16,18H,1-4,9H2,(H,17,19). The first-order valence-electron chi connectivity index (χ1n) is 6.62. The summed E-state index contributed by atoms with van der Waals surface area (Å²) in [6, 6.07) is 7.01. The lowest BCUT2D eigenvalue weighted by Crippen LogP contribution is -2.45. The maximum absolute atomic E-state index is 11.8. The zero-order valence-corrected chi connectivity index (χ0v) is 11.5. The first-order chi connectivity index (χ1) is 9.15. The number of hydrogen-bond donors (Lipinski definition) is 3. The highest BCUT2D eigenvalue weighted by Crippen LogP contribution is 2.18. The molecule has 1 aromatic rings. The van der Waals surface area contributed by atoms with Crippen molar-refractivity contribution in [3.63, 3.8) is 0 Å². The molecule has 0 aliphatic heterocycles. The van der Waals surface area contributed by atoms with Gasteiger partial charge in [0.05, 0.1) is 12.6 Å². The molecule has 5 heteroatoms. The van der Waals surface area contributed by atoms with E-state index in [9.17, 15) is 9.90 Å². The SMILES string of the molecule is O=C(CNC1CCCCC1O)Nc1ccc(Cl)cc1. The van der Waals surface area contributed by atoms with Gasteiger partial charge in [-0.3, -0.25) is 4.79 Å². The molecular weight excluding hydrogens is 264 g/mol. The minimum Gasteiger partial charge on any atom is -0.392 e. The van der Waals surface area contributed by atoms with Gasteiger partial charge in [0, 0.05) is 16.8 Å². The average molecular weight is 283 g/mol. The van der Waals surface area contributed by atoms with E-state index in [0.29, 0.717) is 5.02 Å². The molecule has 19 heavy (non-hydrogen) atoms. The van der Waals surface area contributed by atoms with Gasteiger partial charge in [0.25, 0.3) is 0 Å². The second-order valence-corrected chi connectivity index (χ2v) is 5.33. The maximum atomic E-state index is 11.8. The molecule has 3 N–H and O–H groups in total. The largest absolute Gasteiger partial charge is 0.392 e. The van der Waals surface area contributed by atoms with Crippen LogP contribution in [0, 0.1) is 0 Å². The van der Waals surface area contributed by atoms with Crippen LogP contribution in [0.1, 0.15) is 25.7 Å². The highest BCUT2D eigenvalue weighted by molar-refractivity contribution is 6.30. The summed E-state index contributed by atoms with van der Waals surface area (Å²) in [5.74, 6) is -0.111. The van der Waals surface area contributed by atoms with Crippen LogP contribution in [0.25, 0.3) is 0 Å². The average Bonchev–Trinajstić information content (AvgIpc) is 2.40. The maximum Gasteiger partial charge on any atom is 0.238 e. The Morgan fingerprint density at radius 2 is 1.95 bits per heavy atom. The fraction of sp³-hybridized carbons (Fsp3) is 0.500. The first kappa shape index (κ1) is 14.3. The van der Waals surface area contributed by atoms with Crippen LogP contribution < -0.4 is 10.6 Å². The summed E-state index contributed by atoms with van der Waals surface area (Å²) >= 11 is 5.77. The van der Waals surface area contributed by atoms with Crippen LogP contribution in [0.5, 0.6) is 0 Å². The number of halogens is 1. The number of hydrogen-bond acceptors (Lipinski definition) is 3. The van der Waals surface area contributed by atoms with Crippen molar-refractivity contribution in [3.05, 3.63) is 29.3 Å². The van der Waals surface area contributed by atoms with Crippen molar-refractivity contribution >= 4 is 23.2 Å². The van der Waals surface area contributed by atoms with Gasteiger partial charge in [0.1, 0.15) is 0 Å². The lowest BCUT2D eigenvalue weighted by Gasteiger charge is -2.28. The molecule has 0 heterocycles. The van der Waals surface area contributed by atoms with Crippen molar-refractivity contribution < 1.29 is 9.90 Å². The van der Waals surface area contributed by atoms with Gasteiger partial charge in [0.2, 0.25) is 5.91 Å². The van der Waals surface area contributed by atoms with Gasteiger partial charge >= 0.3 is 0 Å². The van der Waals surface area contributed by atoms with Crippen LogP contribution in [-0.4, -0.2) is 29.7 Å². The van der Waals surface area contributed by atoms with Crippen molar-refractivity contribution in [2.24, 2.45) is 0 Å². The van der Waals surface area contributed by atoms with E-state index in [1.165, 1.54) is 0 Å². The Labute approximate surface area is 118 Å². The van der Waals surface area contributed by atoms with Crippen LogP contribution in [0.3, 0.4) is 0 Å².